The molecule has 0 aromatic carbocycles. The van der Waals surface area contributed by atoms with Gasteiger partial charge in [-0.3, -0.25) is 4.79 Å². The van der Waals surface area contributed by atoms with E-state index < -0.39 is 0 Å². The van der Waals surface area contributed by atoms with Crippen molar-refractivity contribution in [3.05, 3.63) is 21.6 Å². The van der Waals surface area contributed by atoms with Gasteiger partial charge in [0.1, 0.15) is 5.02 Å². The van der Waals surface area contributed by atoms with Crippen LogP contribution in [0.1, 0.15) is 39.7 Å². The maximum atomic E-state index is 12.2. The first kappa shape index (κ1) is 16.3. The van der Waals surface area contributed by atoms with Crippen LogP contribution in [0.3, 0.4) is 0 Å². The fraction of sp³-hybridized carbons (Fsp3) is 0.733. The quantitative estimate of drug-likeness (QED) is 0.927. The number of piperidine rings is 1. The molecule has 0 bridgehead atoms. The SMILES string of the molecule is CNC(C)C1CCN(c2cnn(C(C)C)c(=O)c2Cl)CC1. The van der Waals surface area contributed by atoms with Crippen LogP contribution in [0.5, 0.6) is 0 Å². The zero-order valence-corrected chi connectivity index (χ0v) is 14.0. The van der Waals surface area contributed by atoms with Crippen molar-refractivity contribution in [1.29, 1.82) is 0 Å². The van der Waals surface area contributed by atoms with E-state index in [1.165, 1.54) is 4.68 Å². The summed E-state index contributed by atoms with van der Waals surface area (Å²) in [5.74, 6) is 0.675. The van der Waals surface area contributed by atoms with E-state index in [4.69, 9.17) is 11.6 Å². The minimum atomic E-state index is -0.199. The van der Waals surface area contributed by atoms with E-state index in [1.807, 2.05) is 20.9 Å². The molecule has 1 aromatic heterocycles. The lowest BCUT2D eigenvalue weighted by Gasteiger charge is -2.36. The molecule has 0 spiro atoms. The molecule has 0 aliphatic carbocycles. The van der Waals surface area contributed by atoms with E-state index in [0.717, 1.165) is 31.6 Å². The zero-order valence-electron chi connectivity index (χ0n) is 13.3. The maximum absolute atomic E-state index is 12.2. The summed E-state index contributed by atoms with van der Waals surface area (Å²) in [5.41, 5.74) is 0.573. The summed E-state index contributed by atoms with van der Waals surface area (Å²) in [6, 6.07) is 0.543. The molecule has 1 atom stereocenters. The van der Waals surface area contributed by atoms with Crippen molar-refractivity contribution in [2.75, 3.05) is 25.0 Å². The van der Waals surface area contributed by atoms with Gasteiger partial charge in [-0.2, -0.15) is 5.10 Å². The van der Waals surface area contributed by atoms with Crippen LogP contribution in [0, 0.1) is 5.92 Å². The van der Waals surface area contributed by atoms with Crippen LogP contribution in [0.15, 0.2) is 11.0 Å². The minimum Gasteiger partial charge on any atom is -0.369 e. The van der Waals surface area contributed by atoms with Gasteiger partial charge in [-0.25, -0.2) is 4.68 Å². The van der Waals surface area contributed by atoms with Crippen LogP contribution in [-0.2, 0) is 0 Å². The Morgan fingerprint density at radius 2 is 1.95 bits per heavy atom. The lowest BCUT2D eigenvalue weighted by molar-refractivity contribution is 0.323. The van der Waals surface area contributed by atoms with E-state index >= 15 is 0 Å². The first-order chi connectivity index (χ1) is 9.95. The van der Waals surface area contributed by atoms with Crippen LogP contribution in [-0.4, -0.2) is 36.0 Å². The Hall–Kier alpha value is -1.07. The zero-order chi connectivity index (χ0) is 15.6. The molecule has 21 heavy (non-hydrogen) atoms. The topological polar surface area (TPSA) is 50.2 Å². The lowest BCUT2D eigenvalue weighted by atomic mass is 9.90. The average molecular weight is 313 g/mol. The number of halogens is 1. The molecule has 118 valence electrons. The number of hydrogen-bond acceptors (Lipinski definition) is 4. The minimum absolute atomic E-state index is 0.0197. The predicted molar refractivity (Wildman–Crippen MR) is 87.4 cm³/mol. The van der Waals surface area contributed by atoms with Gasteiger partial charge in [0.25, 0.3) is 5.56 Å². The van der Waals surface area contributed by atoms with E-state index in [0.29, 0.717) is 17.0 Å². The van der Waals surface area contributed by atoms with Gasteiger partial charge in [-0.15, -0.1) is 0 Å². The number of aromatic nitrogens is 2. The average Bonchev–Trinajstić information content (AvgIpc) is 2.49. The molecule has 6 heteroatoms. The first-order valence-corrected chi connectivity index (χ1v) is 8.03. The predicted octanol–water partition coefficient (Wildman–Crippen LogP) is 2.30. The molecular weight excluding hydrogens is 288 g/mol. The van der Waals surface area contributed by atoms with Crippen molar-refractivity contribution in [3.63, 3.8) is 0 Å². The van der Waals surface area contributed by atoms with Gasteiger partial charge in [-0.05, 0) is 46.6 Å². The monoisotopic (exact) mass is 312 g/mol. The molecule has 1 aliphatic rings. The summed E-state index contributed by atoms with van der Waals surface area (Å²) in [7, 11) is 2.00. The molecule has 1 unspecified atom stereocenters. The van der Waals surface area contributed by atoms with E-state index in [-0.39, 0.29) is 11.6 Å². The van der Waals surface area contributed by atoms with Crippen molar-refractivity contribution in [2.45, 2.75) is 45.7 Å². The molecule has 2 heterocycles. The first-order valence-electron chi connectivity index (χ1n) is 7.65. The fourth-order valence-electron chi connectivity index (χ4n) is 2.90. The van der Waals surface area contributed by atoms with Crippen molar-refractivity contribution in [3.8, 4) is 0 Å². The molecule has 1 saturated heterocycles. The van der Waals surface area contributed by atoms with Crippen molar-refractivity contribution in [1.82, 2.24) is 15.1 Å². The Balaban J connectivity index is 2.14. The summed E-state index contributed by atoms with van der Waals surface area (Å²) in [6.45, 7) is 7.91. The van der Waals surface area contributed by atoms with Gasteiger partial charge in [0.15, 0.2) is 0 Å². The number of hydrogen-bond donors (Lipinski definition) is 1. The summed E-state index contributed by atoms with van der Waals surface area (Å²) in [6.07, 6.45) is 3.93. The summed E-state index contributed by atoms with van der Waals surface area (Å²) >= 11 is 6.27. The Morgan fingerprint density at radius 1 is 1.33 bits per heavy atom. The van der Waals surface area contributed by atoms with Crippen LogP contribution in [0.25, 0.3) is 0 Å². The van der Waals surface area contributed by atoms with Crippen LogP contribution < -0.4 is 15.8 Å². The molecule has 1 aliphatic heterocycles. The number of anilines is 1. The summed E-state index contributed by atoms with van der Waals surface area (Å²) < 4.78 is 1.43. The van der Waals surface area contributed by atoms with E-state index in [1.54, 1.807) is 6.20 Å². The molecule has 1 fully saturated rings. The molecule has 1 aromatic rings. The van der Waals surface area contributed by atoms with Crippen molar-refractivity contribution < 1.29 is 0 Å². The molecule has 2 rings (SSSR count). The van der Waals surface area contributed by atoms with Gasteiger partial charge in [0.2, 0.25) is 0 Å². The van der Waals surface area contributed by atoms with Gasteiger partial charge >= 0.3 is 0 Å². The van der Waals surface area contributed by atoms with Gasteiger partial charge < -0.3 is 10.2 Å². The fourth-order valence-corrected chi connectivity index (χ4v) is 3.16. The highest BCUT2D eigenvalue weighted by atomic mass is 35.5. The Bertz CT molecular complexity index is 535. The second-order valence-electron chi connectivity index (χ2n) is 6.09. The molecule has 0 saturated carbocycles. The Labute approximate surface area is 131 Å². The van der Waals surface area contributed by atoms with Gasteiger partial charge in [-0.1, -0.05) is 11.6 Å². The van der Waals surface area contributed by atoms with Crippen LogP contribution >= 0.6 is 11.6 Å². The van der Waals surface area contributed by atoms with E-state index in [9.17, 15) is 4.79 Å². The van der Waals surface area contributed by atoms with E-state index in [2.05, 4.69) is 22.2 Å². The molecule has 0 radical (unpaired) electrons. The molecular formula is C15H25ClN4O. The Morgan fingerprint density at radius 3 is 2.48 bits per heavy atom. The van der Waals surface area contributed by atoms with Crippen molar-refractivity contribution in [2.24, 2.45) is 5.92 Å². The largest absolute Gasteiger partial charge is 0.369 e. The summed E-state index contributed by atoms with van der Waals surface area (Å²) in [4.78, 5) is 14.4. The van der Waals surface area contributed by atoms with Crippen LogP contribution in [0.4, 0.5) is 5.69 Å². The lowest BCUT2D eigenvalue weighted by Crippen LogP contribution is -2.41. The van der Waals surface area contributed by atoms with Crippen molar-refractivity contribution >= 4 is 17.3 Å². The molecule has 5 nitrogen and oxygen atoms in total. The number of nitrogens with zero attached hydrogens (tertiary/aromatic N) is 3. The normalized spacial score (nSPS) is 18.3. The van der Waals surface area contributed by atoms with Gasteiger partial charge in [0.05, 0.1) is 17.9 Å². The molecule has 0 amide bonds. The highest BCUT2D eigenvalue weighted by Gasteiger charge is 2.25. The maximum Gasteiger partial charge on any atom is 0.287 e. The third-order valence-electron chi connectivity index (χ3n) is 4.46. The number of nitrogens with one attached hydrogen (secondary N) is 1. The Kier molecular flexibility index (Phi) is 5.27. The number of rotatable bonds is 4. The highest BCUT2D eigenvalue weighted by Crippen LogP contribution is 2.28. The smallest absolute Gasteiger partial charge is 0.287 e. The second-order valence-corrected chi connectivity index (χ2v) is 6.47. The third-order valence-corrected chi connectivity index (χ3v) is 4.81. The highest BCUT2D eigenvalue weighted by molar-refractivity contribution is 6.33. The standard InChI is InChI=1S/C15H25ClN4O/c1-10(2)20-15(21)14(16)13(9-18-20)19-7-5-12(6-8-19)11(3)17-4/h9-12,17H,5-8H2,1-4H3. The van der Waals surface area contributed by atoms with Crippen LogP contribution in [0.2, 0.25) is 5.02 Å². The second kappa shape index (κ2) is 6.79. The molecule has 1 N–H and O–H groups in total. The van der Waals surface area contributed by atoms with Gasteiger partial charge in [0, 0.05) is 19.1 Å². The summed E-state index contributed by atoms with van der Waals surface area (Å²) in [5, 5.41) is 7.86. The third kappa shape index (κ3) is 3.40.